The third-order valence-corrected chi connectivity index (χ3v) is 6.74. The van der Waals surface area contributed by atoms with E-state index >= 15 is 0 Å². The molecule has 29 heavy (non-hydrogen) atoms. The maximum absolute atomic E-state index is 6.16. The zero-order valence-corrected chi connectivity index (χ0v) is 18.7. The molecule has 0 spiro atoms. The minimum absolute atomic E-state index is 0.325. The van der Waals surface area contributed by atoms with Gasteiger partial charge in [-0.15, -0.1) is 11.3 Å². The Labute approximate surface area is 184 Å². The number of nitrogens with zero attached hydrogens (tertiary/aromatic N) is 5. The number of hydrogen-bond donors (Lipinski definition) is 0. The molecule has 4 rings (SSSR count). The lowest BCUT2D eigenvalue weighted by atomic mass is 10.3. The third kappa shape index (κ3) is 5.07. The van der Waals surface area contributed by atoms with E-state index in [0.717, 1.165) is 38.5 Å². The molecule has 9 heteroatoms. The number of para-hydroxylation sites is 1. The van der Waals surface area contributed by atoms with Gasteiger partial charge in [-0.3, -0.25) is 9.80 Å². The van der Waals surface area contributed by atoms with Crippen molar-refractivity contribution in [3.63, 3.8) is 0 Å². The van der Waals surface area contributed by atoms with Gasteiger partial charge in [0, 0.05) is 44.6 Å². The van der Waals surface area contributed by atoms with Crippen molar-refractivity contribution in [1.29, 1.82) is 0 Å². The molecule has 1 saturated heterocycles. The molecule has 3 aromatic rings. The van der Waals surface area contributed by atoms with E-state index in [9.17, 15) is 0 Å². The number of aromatic nitrogens is 3. The predicted octanol–water partition coefficient (Wildman–Crippen LogP) is 4.02. The second-order valence-electron chi connectivity index (χ2n) is 7.09. The van der Waals surface area contributed by atoms with Crippen LogP contribution < -0.4 is 4.74 Å². The van der Waals surface area contributed by atoms with Crippen LogP contribution in [0.3, 0.4) is 0 Å². The van der Waals surface area contributed by atoms with Crippen LogP contribution >= 0.6 is 35.2 Å². The average molecular weight is 450 g/mol. The molecule has 1 aromatic carbocycles. The summed E-state index contributed by atoms with van der Waals surface area (Å²) in [6.07, 6.45) is 0. The molecule has 154 valence electrons. The summed E-state index contributed by atoms with van der Waals surface area (Å²) in [5.41, 5.74) is 0. The zero-order chi connectivity index (χ0) is 20.2. The van der Waals surface area contributed by atoms with Crippen molar-refractivity contribution < 1.29 is 4.74 Å². The number of halogens is 1. The maximum atomic E-state index is 6.16. The standard InChI is InChI=1S/C20H24ClN5OS2/c1-23-19(14-27-18-7-3-2-6-17(18)21)22-26(20(23)28)15-25-10-8-24(9-11-25)13-16-5-4-12-29-16/h2-7,12H,8-11,13-15H2,1H3. The van der Waals surface area contributed by atoms with Crippen molar-refractivity contribution in [3.05, 3.63) is 62.3 Å². The summed E-state index contributed by atoms with van der Waals surface area (Å²) in [6.45, 7) is 6.19. The number of hydrogen-bond acceptors (Lipinski definition) is 6. The Hall–Kier alpha value is -1.71. The highest BCUT2D eigenvalue weighted by Gasteiger charge is 2.19. The molecule has 0 bridgehead atoms. The molecule has 0 radical (unpaired) electrons. The van der Waals surface area contributed by atoms with Gasteiger partial charge < -0.3 is 9.30 Å². The van der Waals surface area contributed by atoms with Gasteiger partial charge >= 0.3 is 0 Å². The number of rotatable bonds is 7. The first kappa shape index (κ1) is 20.6. The molecule has 6 nitrogen and oxygen atoms in total. The third-order valence-electron chi connectivity index (χ3n) is 5.08. The van der Waals surface area contributed by atoms with Crippen molar-refractivity contribution in [2.45, 2.75) is 19.8 Å². The second kappa shape index (κ2) is 9.40. The first-order valence-electron chi connectivity index (χ1n) is 9.57. The van der Waals surface area contributed by atoms with E-state index in [0.29, 0.717) is 28.8 Å². The van der Waals surface area contributed by atoms with E-state index in [-0.39, 0.29) is 0 Å². The van der Waals surface area contributed by atoms with Crippen molar-refractivity contribution in [2.75, 3.05) is 26.2 Å². The predicted molar refractivity (Wildman–Crippen MR) is 119 cm³/mol. The molecule has 2 aromatic heterocycles. The van der Waals surface area contributed by atoms with Gasteiger partial charge in [0.2, 0.25) is 0 Å². The summed E-state index contributed by atoms with van der Waals surface area (Å²) in [4.78, 5) is 6.32. The summed E-state index contributed by atoms with van der Waals surface area (Å²) in [5, 5.41) is 7.41. The summed E-state index contributed by atoms with van der Waals surface area (Å²) in [5.74, 6) is 1.43. The Morgan fingerprint density at radius 1 is 1.10 bits per heavy atom. The van der Waals surface area contributed by atoms with E-state index in [1.165, 1.54) is 4.88 Å². The fourth-order valence-corrected chi connectivity index (χ4v) is 4.50. The van der Waals surface area contributed by atoms with E-state index in [4.69, 9.17) is 28.6 Å². The summed E-state index contributed by atoms with van der Waals surface area (Å²) in [6, 6.07) is 11.8. The topological polar surface area (TPSA) is 38.5 Å². The first-order chi connectivity index (χ1) is 14.1. The molecule has 0 unspecified atom stereocenters. The molecule has 1 aliphatic rings. The number of ether oxygens (including phenoxy) is 1. The Morgan fingerprint density at radius 2 is 1.86 bits per heavy atom. The molecule has 0 amide bonds. The minimum Gasteiger partial charge on any atom is -0.484 e. The molecular weight excluding hydrogens is 426 g/mol. The lowest BCUT2D eigenvalue weighted by molar-refractivity contribution is 0.0984. The fourth-order valence-electron chi connectivity index (χ4n) is 3.36. The van der Waals surface area contributed by atoms with Crippen LogP contribution in [-0.4, -0.2) is 50.3 Å². The molecule has 1 aliphatic heterocycles. The summed E-state index contributed by atoms with van der Waals surface area (Å²) < 4.78 is 10.3. The van der Waals surface area contributed by atoms with Crippen molar-refractivity contribution in [2.24, 2.45) is 7.05 Å². The van der Waals surface area contributed by atoms with Crippen molar-refractivity contribution in [3.8, 4) is 5.75 Å². The highest BCUT2D eigenvalue weighted by molar-refractivity contribution is 7.71. The van der Waals surface area contributed by atoms with Gasteiger partial charge in [0.1, 0.15) is 12.4 Å². The lowest BCUT2D eigenvalue weighted by Crippen LogP contribution is -2.46. The van der Waals surface area contributed by atoms with Crippen LogP contribution in [0.4, 0.5) is 0 Å². The van der Waals surface area contributed by atoms with Crippen molar-refractivity contribution in [1.82, 2.24) is 24.1 Å². The summed E-state index contributed by atoms with van der Waals surface area (Å²) in [7, 11) is 1.93. The highest BCUT2D eigenvalue weighted by Crippen LogP contribution is 2.24. The average Bonchev–Trinajstić information content (AvgIpc) is 3.33. The van der Waals surface area contributed by atoms with Crippen LogP contribution in [0.15, 0.2) is 41.8 Å². The smallest absolute Gasteiger partial charge is 0.198 e. The highest BCUT2D eigenvalue weighted by atomic mass is 35.5. The van der Waals surface area contributed by atoms with Crippen LogP contribution in [-0.2, 0) is 26.9 Å². The second-order valence-corrected chi connectivity index (χ2v) is 8.90. The van der Waals surface area contributed by atoms with Crippen LogP contribution in [0.25, 0.3) is 0 Å². The van der Waals surface area contributed by atoms with Crippen LogP contribution in [0.5, 0.6) is 5.75 Å². The molecule has 1 fully saturated rings. The molecule has 0 N–H and O–H groups in total. The minimum atomic E-state index is 0.325. The maximum Gasteiger partial charge on any atom is 0.198 e. The van der Waals surface area contributed by atoms with Gasteiger partial charge in [-0.05, 0) is 35.8 Å². The Balaban J connectivity index is 1.33. The quantitative estimate of drug-likeness (QED) is 0.509. The zero-order valence-electron chi connectivity index (χ0n) is 16.3. The summed E-state index contributed by atoms with van der Waals surface area (Å²) >= 11 is 13.6. The van der Waals surface area contributed by atoms with Gasteiger partial charge in [0.15, 0.2) is 10.6 Å². The molecule has 3 heterocycles. The first-order valence-corrected chi connectivity index (χ1v) is 11.2. The van der Waals surface area contributed by atoms with Gasteiger partial charge in [-0.2, -0.15) is 5.10 Å². The van der Waals surface area contributed by atoms with Crippen LogP contribution in [0, 0.1) is 4.77 Å². The van der Waals surface area contributed by atoms with E-state index in [1.807, 2.05) is 51.9 Å². The number of benzene rings is 1. The number of thiophene rings is 1. The van der Waals surface area contributed by atoms with Crippen molar-refractivity contribution >= 4 is 35.2 Å². The number of piperazine rings is 1. The van der Waals surface area contributed by atoms with Gasteiger partial charge in [0.25, 0.3) is 0 Å². The van der Waals surface area contributed by atoms with Gasteiger partial charge in [0.05, 0.1) is 11.7 Å². The molecular formula is C20H24ClN5OS2. The van der Waals surface area contributed by atoms with Crippen LogP contribution in [0.1, 0.15) is 10.7 Å². The van der Waals surface area contributed by atoms with E-state index in [2.05, 4.69) is 32.4 Å². The normalized spacial score (nSPS) is 15.7. The van der Waals surface area contributed by atoms with Gasteiger partial charge in [-0.1, -0.05) is 29.8 Å². The van der Waals surface area contributed by atoms with Crippen LogP contribution in [0.2, 0.25) is 5.02 Å². The fraction of sp³-hybridized carbons (Fsp3) is 0.400. The largest absolute Gasteiger partial charge is 0.484 e. The molecule has 0 aliphatic carbocycles. The van der Waals surface area contributed by atoms with E-state index in [1.54, 1.807) is 0 Å². The lowest BCUT2D eigenvalue weighted by Gasteiger charge is -2.34. The SMILES string of the molecule is Cn1c(COc2ccccc2Cl)nn(CN2CCN(Cc3cccs3)CC2)c1=S. The molecule has 0 saturated carbocycles. The Kier molecular flexibility index (Phi) is 6.67. The monoisotopic (exact) mass is 449 g/mol. The molecule has 0 atom stereocenters. The van der Waals surface area contributed by atoms with Gasteiger partial charge in [-0.25, -0.2) is 4.68 Å². The Bertz CT molecular complexity index is 993. The van der Waals surface area contributed by atoms with E-state index < -0.39 is 0 Å². The Morgan fingerprint density at radius 3 is 2.59 bits per heavy atom.